The molecule has 0 aromatic heterocycles. The SMILES string of the molecule is COc1ccc(C(C(F)(F)F)C(F)(F)F)cc1CNC1CCCN[C@H]1c1ccccc1. The van der Waals surface area contributed by atoms with Gasteiger partial charge in [-0.05, 0) is 42.6 Å². The van der Waals surface area contributed by atoms with Gasteiger partial charge < -0.3 is 15.4 Å². The van der Waals surface area contributed by atoms with Gasteiger partial charge in [-0.2, -0.15) is 26.3 Å². The number of hydrogen-bond acceptors (Lipinski definition) is 3. The fourth-order valence-electron chi connectivity index (χ4n) is 4.04. The summed E-state index contributed by atoms with van der Waals surface area (Å²) in [5, 5.41) is 6.73. The Balaban J connectivity index is 1.84. The summed E-state index contributed by atoms with van der Waals surface area (Å²) in [6.45, 7) is 0.907. The lowest BCUT2D eigenvalue weighted by Crippen LogP contribution is -2.45. The Hall–Kier alpha value is -2.26. The van der Waals surface area contributed by atoms with E-state index in [0.717, 1.165) is 43.1 Å². The Morgan fingerprint density at radius 2 is 1.71 bits per heavy atom. The van der Waals surface area contributed by atoms with Crippen LogP contribution in [0.4, 0.5) is 26.3 Å². The molecule has 0 amide bonds. The standard InChI is InChI=1S/C22H24F6N2O/c1-31-18-10-9-15(20(21(23,24)25)22(26,27)28)12-16(18)13-30-17-8-5-11-29-19(17)14-6-3-2-4-7-14/h2-4,6-7,9-10,12,17,19-20,29-30H,5,8,11,13H2,1H3/t17?,19-/m0/s1. The van der Waals surface area contributed by atoms with Crippen molar-refractivity contribution in [3.05, 3.63) is 65.2 Å². The van der Waals surface area contributed by atoms with Crippen LogP contribution in [0, 0.1) is 0 Å². The van der Waals surface area contributed by atoms with Gasteiger partial charge in [0.2, 0.25) is 0 Å². The number of hydrogen-bond donors (Lipinski definition) is 2. The number of methoxy groups -OCH3 is 1. The molecule has 9 heteroatoms. The molecule has 1 fully saturated rings. The third-order valence-corrected chi connectivity index (χ3v) is 5.46. The summed E-state index contributed by atoms with van der Waals surface area (Å²) in [4.78, 5) is 0. The molecule has 1 heterocycles. The highest BCUT2D eigenvalue weighted by Crippen LogP contribution is 2.47. The fourth-order valence-corrected chi connectivity index (χ4v) is 4.04. The quantitative estimate of drug-likeness (QED) is 0.576. The first kappa shape index (κ1) is 23.4. The maximum absolute atomic E-state index is 13.2. The molecule has 0 spiro atoms. The van der Waals surface area contributed by atoms with Crippen molar-refractivity contribution < 1.29 is 31.1 Å². The van der Waals surface area contributed by atoms with Gasteiger partial charge in [0.1, 0.15) is 5.75 Å². The summed E-state index contributed by atoms with van der Waals surface area (Å²) in [5.41, 5.74) is 0.462. The van der Waals surface area contributed by atoms with Crippen molar-refractivity contribution in [3.8, 4) is 5.75 Å². The molecule has 2 aromatic rings. The van der Waals surface area contributed by atoms with Crippen LogP contribution >= 0.6 is 0 Å². The zero-order valence-corrected chi connectivity index (χ0v) is 16.9. The van der Waals surface area contributed by atoms with Gasteiger partial charge in [0.15, 0.2) is 5.92 Å². The summed E-state index contributed by atoms with van der Waals surface area (Å²) in [7, 11) is 1.33. The molecule has 0 radical (unpaired) electrons. The van der Waals surface area contributed by atoms with Gasteiger partial charge >= 0.3 is 12.4 Å². The van der Waals surface area contributed by atoms with E-state index in [1.165, 1.54) is 7.11 Å². The molecule has 1 saturated heterocycles. The van der Waals surface area contributed by atoms with Crippen LogP contribution in [-0.4, -0.2) is 32.0 Å². The summed E-state index contributed by atoms with van der Waals surface area (Å²) >= 11 is 0. The fraction of sp³-hybridized carbons (Fsp3) is 0.455. The van der Waals surface area contributed by atoms with E-state index in [9.17, 15) is 26.3 Å². The first-order chi connectivity index (χ1) is 14.6. The first-order valence-electron chi connectivity index (χ1n) is 9.93. The highest BCUT2D eigenvalue weighted by molar-refractivity contribution is 5.39. The molecule has 1 aliphatic heterocycles. The summed E-state index contributed by atoms with van der Waals surface area (Å²) < 4.78 is 84.1. The molecule has 0 aliphatic carbocycles. The number of nitrogens with one attached hydrogen (secondary N) is 2. The van der Waals surface area contributed by atoms with E-state index in [0.29, 0.717) is 0 Å². The second-order valence-corrected chi connectivity index (χ2v) is 7.56. The van der Waals surface area contributed by atoms with Gasteiger partial charge in [-0.15, -0.1) is 0 Å². The smallest absolute Gasteiger partial charge is 0.404 e. The molecule has 2 aromatic carbocycles. The second-order valence-electron chi connectivity index (χ2n) is 7.56. The monoisotopic (exact) mass is 446 g/mol. The Kier molecular flexibility index (Phi) is 7.16. The largest absolute Gasteiger partial charge is 0.496 e. The number of piperidine rings is 1. The summed E-state index contributed by atoms with van der Waals surface area (Å²) in [6.07, 6.45) is -9.16. The van der Waals surface area contributed by atoms with Gasteiger partial charge in [-0.3, -0.25) is 0 Å². The molecule has 3 nitrogen and oxygen atoms in total. The van der Waals surface area contributed by atoms with E-state index >= 15 is 0 Å². The molecule has 1 unspecified atom stereocenters. The van der Waals surface area contributed by atoms with E-state index in [-0.39, 0.29) is 29.9 Å². The van der Waals surface area contributed by atoms with Gasteiger partial charge in [0, 0.05) is 24.2 Å². The Bertz CT molecular complexity index is 839. The van der Waals surface area contributed by atoms with Crippen LogP contribution in [0.2, 0.25) is 0 Å². The maximum Gasteiger partial charge on any atom is 0.404 e. The van der Waals surface area contributed by atoms with E-state index in [1.807, 2.05) is 30.3 Å². The number of rotatable bonds is 6. The van der Waals surface area contributed by atoms with Crippen molar-refractivity contribution in [2.45, 2.75) is 49.7 Å². The van der Waals surface area contributed by atoms with Crippen LogP contribution in [0.25, 0.3) is 0 Å². The molecule has 1 aliphatic rings. The van der Waals surface area contributed by atoms with E-state index in [1.54, 1.807) is 0 Å². The zero-order chi connectivity index (χ0) is 22.6. The molecule has 31 heavy (non-hydrogen) atoms. The Morgan fingerprint density at radius 1 is 1.03 bits per heavy atom. The average molecular weight is 446 g/mol. The molecular weight excluding hydrogens is 422 g/mol. The van der Waals surface area contributed by atoms with Crippen LogP contribution in [0.5, 0.6) is 5.75 Å². The van der Waals surface area contributed by atoms with Crippen molar-refractivity contribution in [2.75, 3.05) is 13.7 Å². The topological polar surface area (TPSA) is 33.3 Å². The van der Waals surface area contributed by atoms with Crippen LogP contribution in [0.1, 0.15) is 41.5 Å². The highest BCUT2D eigenvalue weighted by atomic mass is 19.4. The molecule has 0 saturated carbocycles. The predicted octanol–water partition coefficient (Wildman–Crippen LogP) is 5.49. The third-order valence-electron chi connectivity index (χ3n) is 5.46. The number of benzene rings is 2. The van der Waals surface area contributed by atoms with E-state index < -0.39 is 23.8 Å². The van der Waals surface area contributed by atoms with Crippen molar-refractivity contribution in [2.24, 2.45) is 0 Å². The van der Waals surface area contributed by atoms with Crippen LogP contribution in [0.3, 0.4) is 0 Å². The highest BCUT2D eigenvalue weighted by Gasteiger charge is 2.57. The first-order valence-corrected chi connectivity index (χ1v) is 9.93. The summed E-state index contributed by atoms with van der Waals surface area (Å²) in [6, 6.07) is 12.6. The van der Waals surface area contributed by atoms with Gasteiger partial charge in [-0.1, -0.05) is 36.4 Å². The van der Waals surface area contributed by atoms with Gasteiger partial charge in [0.25, 0.3) is 0 Å². The van der Waals surface area contributed by atoms with Crippen molar-refractivity contribution in [3.63, 3.8) is 0 Å². The molecule has 3 rings (SSSR count). The van der Waals surface area contributed by atoms with Crippen molar-refractivity contribution >= 4 is 0 Å². The second kappa shape index (κ2) is 9.48. The van der Waals surface area contributed by atoms with Crippen LogP contribution in [0.15, 0.2) is 48.5 Å². The van der Waals surface area contributed by atoms with Gasteiger partial charge in [-0.25, -0.2) is 0 Å². The lowest BCUT2D eigenvalue weighted by Gasteiger charge is -2.34. The predicted molar refractivity (Wildman–Crippen MR) is 105 cm³/mol. The molecular formula is C22H24F6N2O. The van der Waals surface area contributed by atoms with E-state index in [2.05, 4.69) is 10.6 Å². The van der Waals surface area contributed by atoms with E-state index in [4.69, 9.17) is 4.74 Å². The Labute approximate surface area is 176 Å². The minimum atomic E-state index is -5.44. The van der Waals surface area contributed by atoms with Crippen LogP contribution < -0.4 is 15.4 Å². The average Bonchev–Trinajstić information content (AvgIpc) is 2.71. The summed E-state index contributed by atoms with van der Waals surface area (Å²) in [5.74, 6) is -3.31. The zero-order valence-electron chi connectivity index (χ0n) is 16.9. The number of ether oxygens (including phenoxy) is 1. The minimum absolute atomic E-state index is 0.0118. The van der Waals surface area contributed by atoms with Gasteiger partial charge in [0.05, 0.1) is 7.11 Å². The molecule has 2 N–H and O–H groups in total. The van der Waals surface area contributed by atoms with Crippen LogP contribution in [-0.2, 0) is 6.54 Å². The third kappa shape index (κ3) is 5.71. The minimum Gasteiger partial charge on any atom is -0.496 e. The van der Waals surface area contributed by atoms with Crippen molar-refractivity contribution in [1.29, 1.82) is 0 Å². The number of halogens is 6. The molecule has 2 atom stereocenters. The number of alkyl halides is 6. The van der Waals surface area contributed by atoms with Crippen molar-refractivity contribution in [1.82, 2.24) is 10.6 Å². The molecule has 0 bridgehead atoms. The lowest BCUT2D eigenvalue weighted by atomic mass is 9.91. The normalized spacial score (nSPS) is 20.1. The maximum atomic E-state index is 13.2. The Morgan fingerprint density at radius 3 is 2.32 bits per heavy atom. The lowest BCUT2D eigenvalue weighted by molar-refractivity contribution is -0.253. The molecule has 170 valence electrons.